The van der Waals surface area contributed by atoms with Crippen molar-refractivity contribution in [2.45, 2.75) is 28.3 Å². The number of sulfonamides is 1. The van der Waals surface area contributed by atoms with E-state index >= 15 is 0 Å². The molecule has 18 heavy (non-hydrogen) atoms. The zero-order valence-electron chi connectivity index (χ0n) is 10.3. The molecule has 0 radical (unpaired) electrons. The van der Waals surface area contributed by atoms with E-state index in [4.69, 9.17) is 5.14 Å². The maximum Gasteiger partial charge on any atom is 0.247 e. The largest absolute Gasteiger partial charge is 0.309 e. The Labute approximate surface area is 116 Å². The molecule has 1 atom stereocenters. The number of hydrogen-bond acceptors (Lipinski definition) is 6. The molecule has 3 N–H and O–H groups in total. The van der Waals surface area contributed by atoms with Crippen LogP contribution in [0.2, 0.25) is 0 Å². The van der Waals surface area contributed by atoms with E-state index in [1.54, 1.807) is 18.0 Å². The van der Waals surface area contributed by atoms with Crippen molar-refractivity contribution in [1.82, 2.24) is 9.62 Å². The number of nitrogens with zero attached hydrogens (tertiary/aromatic N) is 1. The summed E-state index contributed by atoms with van der Waals surface area (Å²) in [4.78, 5) is 0. The Morgan fingerprint density at radius 2 is 2.28 bits per heavy atom. The first kappa shape index (κ1) is 14.3. The summed E-state index contributed by atoms with van der Waals surface area (Å²) in [6, 6.07) is 1.89. The fourth-order valence-corrected chi connectivity index (χ4v) is 5.37. The highest BCUT2D eigenvalue weighted by Crippen LogP contribution is 2.43. The van der Waals surface area contributed by atoms with Crippen molar-refractivity contribution < 1.29 is 8.42 Å². The molecule has 0 bridgehead atoms. The number of nitrogens with two attached hydrogens (primary N) is 1. The van der Waals surface area contributed by atoms with Crippen LogP contribution in [0.4, 0.5) is 0 Å². The molecule has 0 aromatic carbocycles. The highest BCUT2D eigenvalue weighted by molar-refractivity contribution is 7.99. The van der Waals surface area contributed by atoms with E-state index in [2.05, 4.69) is 16.5 Å². The Hall–Kier alpha value is -0.120. The maximum absolute atomic E-state index is 11.4. The summed E-state index contributed by atoms with van der Waals surface area (Å²) in [5.74, 6) is 0. The molecular formula is C10H17N3O2S3. The van der Waals surface area contributed by atoms with Gasteiger partial charge in [0.25, 0.3) is 0 Å². The van der Waals surface area contributed by atoms with Gasteiger partial charge in [0.15, 0.2) is 0 Å². The molecule has 0 aliphatic carbocycles. The molecular weight excluding hydrogens is 290 g/mol. The van der Waals surface area contributed by atoms with E-state index in [1.165, 1.54) is 11.3 Å². The summed E-state index contributed by atoms with van der Waals surface area (Å²) < 4.78 is 26.3. The summed E-state index contributed by atoms with van der Waals surface area (Å²) in [5.41, 5.74) is 1.06. The van der Waals surface area contributed by atoms with Crippen LogP contribution in [0.3, 0.4) is 0 Å². The van der Waals surface area contributed by atoms with E-state index < -0.39 is 10.0 Å². The normalized spacial score (nSPS) is 20.9. The molecule has 0 fully saturated rings. The van der Waals surface area contributed by atoms with Crippen molar-refractivity contribution in [2.75, 3.05) is 19.6 Å². The van der Waals surface area contributed by atoms with Crippen LogP contribution in [0, 0.1) is 0 Å². The first-order chi connectivity index (χ1) is 8.45. The van der Waals surface area contributed by atoms with Gasteiger partial charge in [-0.3, -0.25) is 0 Å². The average Bonchev–Trinajstić information content (AvgIpc) is 2.72. The fraction of sp³-hybridized carbons (Fsp3) is 0.600. The van der Waals surface area contributed by atoms with Crippen molar-refractivity contribution in [3.8, 4) is 0 Å². The van der Waals surface area contributed by atoms with Crippen LogP contribution < -0.4 is 10.5 Å². The molecule has 1 aliphatic heterocycles. The van der Waals surface area contributed by atoms with Crippen molar-refractivity contribution in [1.29, 1.82) is 0 Å². The van der Waals surface area contributed by atoms with E-state index in [0.29, 0.717) is 0 Å². The van der Waals surface area contributed by atoms with E-state index in [0.717, 1.165) is 29.4 Å². The van der Waals surface area contributed by atoms with Gasteiger partial charge in [0, 0.05) is 19.1 Å². The first-order valence-corrected chi connectivity index (χ1v) is 8.92. The summed E-state index contributed by atoms with van der Waals surface area (Å²) in [6.45, 7) is 6.80. The second kappa shape index (κ2) is 5.48. The first-order valence-electron chi connectivity index (χ1n) is 5.78. The summed E-state index contributed by atoms with van der Waals surface area (Å²) in [5, 5.41) is 8.58. The lowest BCUT2D eigenvalue weighted by atomic mass is 10.1. The molecule has 0 amide bonds. The highest BCUT2D eigenvalue weighted by Gasteiger charge is 2.29. The van der Waals surface area contributed by atoms with Crippen LogP contribution in [0.15, 0.2) is 14.5 Å². The lowest BCUT2D eigenvalue weighted by Crippen LogP contribution is -2.34. The minimum absolute atomic E-state index is 0.179. The summed E-state index contributed by atoms with van der Waals surface area (Å²) in [7, 11) is -3.60. The molecule has 1 aromatic heterocycles. The van der Waals surface area contributed by atoms with Gasteiger partial charge in [-0.25, -0.2) is 17.9 Å². The van der Waals surface area contributed by atoms with Gasteiger partial charge in [-0.15, -0.1) is 11.3 Å². The quantitative estimate of drug-likeness (QED) is 0.822. The van der Waals surface area contributed by atoms with Crippen LogP contribution in [0.25, 0.3) is 0 Å². The highest BCUT2D eigenvalue weighted by atomic mass is 32.3. The standard InChI is InChI=1S/C10H17N3O2S3/c1-3-12-8-6-13(4-2)17-10-7(8)5-9(16-10)18(11,14)15/h5,8,12H,3-4,6H2,1-2H3,(H2,11,14,15). The van der Waals surface area contributed by atoms with Crippen molar-refractivity contribution in [2.24, 2.45) is 5.14 Å². The van der Waals surface area contributed by atoms with Crippen molar-refractivity contribution >= 4 is 33.3 Å². The third-order valence-electron chi connectivity index (χ3n) is 2.76. The second-order valence-electron chi connectivity index (χ2n) is 4.04. The molecule has 2 rings (SSSR count). The van der Waals surface area contributed by atoms with Crippen LogP contribution in [0.5, 0.6) is 0 Å². The van der Waals surface area contributed by atoms with Gasteiger partial charge in [0.05, 0.1) is 4.21 Å². The number of nitrogens with one attached hydrogen (secondary N) is 1. The number of thiophene rings is 1. The molecule has 2 heterocycles. The molecule has 102 valence electrons. The van der Waals surface area contributed by atoms with Crippen LogP contribution in [-0.4, -0.2) is 32.4 Å². The Bertz CT molecular complexity index is 526. The Kier molecular flexibility index (Phi) is 4.35. The smallest absolute Gasteiger partial charge is 0.247 e. The Balaban J connectivity index is 2.39. The zero-order valence-corrected chi connectivity index (χ0v) is 12.8. The molecule has 1 aromatic rings. The van der Waals surface area contributed by atoms with Gasteiger partial charge in [-0.05, 0) is 30.1 Å². The summed E-state index contributed by atoms with van der Waals surface area (Å²) in [6.07, 6.45) is 0. The molecule has 0 spiro atoms. The van der Waals surface area contributed by atoms with Crippen LogP contribution >= 0.6 is 23.3 Å². The van der Waals surface area contributed by atoms with Gasteiger partial charge < -0.3 is 5.32 Å². The third kappa shape index (κ3) is 2.89. The van der Waals surface area contributed by atoms with Crippen molar-refractivity contribution in [3.63, 3.8) is 0 Å². The summed E-state index contributed by atoms with van der Waals surface area (Å²) >= 11 is 2.87. The molecule has 5 nitrogen and oxygen atoms in total. The minimum atomic E-state index is -3.60. The molecule has 1 unspecified atom stereocenters. The van der Waals surface area contributed by atoms with Gasteiger partial charge >= 0.3 is 0 Å². The number of fused-ring (bicyclic) bond motifs is 1. The van der Waals surface area contributed by atoms with E-state index in [1.807, 2.05) is 6.92 Å². The van der Waals surface area contributed by atoms with Gasteiger partial charge in [-0.2, -0.15) is 0 Å². The topological polar surface area (TPSA) is 75.4 Å². The maximum atomic E-state index is 11.4. The minimum Gasteiger partial charge on any atom is -0.309 e. The average molecular weight is 307 g/mol. The predicted molar refractivity (Wildman–Crippen MR) is 75.2 cm³/mol. The van der Waals surface area contributed by atoms with Crippen LogP contribution in [0.1, 0.15) is 25.5 Å². The number of likely N-dealkylation sites (N-methyl/N-ethyl adjacent to an activating group) is 2. The number of hydrogen-bond donors (Lipinski definition) is 2. The van der Waals surface area contributed by atoms with Crippen molar-refractivity contribution in [3.05, 3.63) is 11.6 Å². The molecule has 1 aliphatic rings. The Morgan fingerprint density at radius 1 is 1.56 bits per heavy atom. The number of rotatable bonds is 4. The second-order valence-corrected chi connectivity index (χ2v) is 8.24. The van der Waals surface area contributed by atoms with E-state index in [9.17, 15) is 8.42 Å². The molecule has 8 heteroatoms. The third-order valence-corrected chi connectivity index (χ3v) is 6.67. The lowest BCUT2D eigenvalue weighted by Gasteiger charge is -2.31. The Morgan fingerprint density at radius 3 is 2.83 bits per heavy atom. The predicted octanol–water partition coefficient (Wildman–Crippen LogP) is 1.39. The SMILES string of the molecule is CCNC1CN(CC)Sc2sc(S(N)(=O)=O)cc21. The monoisotopic (exact) mass is 307 g/mol. The fourth-order valence-electron chi connectivity index (χ4n) is 1.89. The van der Waals surface area contributed by atoms with Crippen LogP contribution in [-0.2, 0) is 10.0 Å². The van der Waals surface area contributed by atoms with Gasteiger partial charge in [0.1, 0.15) is 4.21 Å². The lowest BCUT2D eigenvalue weighted by molar-refractivity contribution is 0.393. The van der Waals surface area contributed by atoms with Gasteiger partial charge in [0.2, 0.25) is 10.0 Å². The van der Waals surface area contributed by atoms with Gasteiger partial charge in [-0.1, -0.05) is 13.8 Å². The molecule has 0 saturated heterocycles. The van der Waals surface area contributed by atoms with E-state index in [-0.39, 0.29) is 10.3 Å². The molecule has 0 saturated carbocycles. The number of primary sulfonamides is 1. The zero-order chi connectivity index (χ0) is 13.3.